The highest BCUT2D eigenvalue weighted by Gasteiger charge is 2.24. The van der Waals surface area contributed by atoms with Crippen LogP contribution in [0.25, 0.3) is 6.08 Å². The van der Waals surface area contributed by atoms with E-state index in [4.69, 9.17) is 4.74 Å². The van der Waals surface area contributed by atoms with Crippen LogP contribution in [0.5, 0.6) is 5.75 Å². The van der Waals surface area contributed by atoms with Crippen molar-refractivity contribution in [2.24, 2.45) is 0 Å². The Morgan fingerprint density at radius 2 is 1.59 bits per heavy atom. The fourth-order valence-corrected chi connectivity index (χ4v) is 4.73. The van der Waals surface area contributed by atoms with Gasteiger partial charge in [0.1, 0.15) is 5.75 Å². The van der Waals surface area contributed by atoms with E-state index in [0.717, 1.165) is 31.2 Å². The molecule has 1 N–H and O–H groups in total. The van der Waals surface area contributed by atoms with Crippen molar-refractivity contribution >= 4 is 27.7 Å². The minimum absolute atomic E-state index is 0.267. The summed E-state index contributed by atoms with van der Waals surface area (Å²) in [5, 5.41) is 2.76. The lowest BCUT2D eigenvalue weighted by atomic mass is 10.2. The first-order valence-electron chi connectivity index (χ1n) is 9.72. The summed E-state index contributed by atoms with van der Waals surface area (Å²) in [6.07, 6.45) is 7.04. The third kappa shape index (κ3) is 5.68. The topological polar surface area (TPSA) is 75.7 Å². The smallest absolute Gasteiger partial charge is 0.248 e. The highest BCUT2D eigenvalue weighted by molar-refractivity contribution is 7.89. The summed E-state index contributed by atoms with van der Waals surface area (Å²) in [6, 6.07) is 13.7. The van der Waals surface area contributed by atoms with E-state index in [1.807, 2.05) is 0 Å². The molecule has 1 saturated heterocycles. The van der Waals surface area contributed by atoms with E-state index in [1.54, 1.807) is 66.0 Å². The SMILES string of the molecule is COc1ccc(NC(=O)/C=C/c2ccc(S(=O)(=O)N3CCCCCC3)cc2)cc1. The number of benzene rings is 2. The standard InChI is InChI=1S/C22H26N2O4S/c1-28-20-11-9-19(10-12-20)23-22(25)15-8-18-6-13-21(14-7-18)29(26,27)24-16-4-2-3-5-17-24/h6-15H,2-5,16-17H2,1H3,(H,23,25)/b15-8+. The number of sulfonamides is 1. The van der Waals surface area contributed by atoms with Gasteiger partial charge in [-0.25, -0.2) is 8.42 Å². The van der Waals surface area contributed by atoms with Gasteiger partial charge in [-0.2, -0.15) is 4.31 Å². The zero-order valence-electron chi connectivity index (χ0n) is 16.5. The Hall–Kier alpha value is -2.64. The molecule has 29 heavy (non-hydrogen) atoms. The third-order valence-corrected chi connectivity index (χ3v) is 6.78. The van der Waals surface area contributed by atoms with E-state index in [2.05, 4.69) is 5.32 Å². The second-order valence-electron chi connectivity index (χ2n) is 6.94. The summed E-state index contributed by atoms with van der Waals surface area (Å²) >= 11 is 0. The molecule has 0 unspecified atom stereocenters. The van der Waals surface area contributed by atoms with Crippen LogP contribution in [0, 0.1) is 0 Å². The summed E-state index contributed by atoms with van der Waals surface area (Å²) in [7, 11) is -1.88. The van der Waals surface area contributed by atoms with Crippen molar-refractivity contribution < 1.29 is 17.9 Å². The van der Waals surface area contributed by atoms with E-state index in [0.29, 0.717) is 29.4 Å². The lowest BCUT2D eigenvalue weighted by Crippen LogP contribution is -2.31. The average molecular weight is 415 g/mol. The van der Waals surface area contributed by atoms with Crippen LogP contribution in [0.3, 0.4) is 0 Å². The molecule has 0 radical (unpaired) electrons. The van der Waals surface area contributed by atoms with Gasteiger partial charge >= 0.3 is 0 Å². The van der Waals surface area contributed by atoms with Crippen LogP contribution in [0.2, 0.25) is 0 Å². The van der Waals surface area contributed by atoms with Crippen LogP contribution in [0.4, 0.5) is 5.69 Å². The zero-order chi connectivity index (χ0) is 20.7. The molecule has 0 bridgehead atoms. The predicted molar refractivity (Wildman–Crippen MR) is 114 cm³/mol. The molecule has 1 heterocycles. The molecule has 1 aliphatic heterocycles. The van der Waals surface area contributed by atoms with Crippen molar-refractivity contribution in [3.05, 3.63) is 60.2 Å². The Morgan fingerprint density at radius 3 is 2.17 bits per heavy atom. The van der Waals surface area contributed by atoms with Gasteiger partial charge in [-0.05, 0) is 60.9 Å². The molecule has 1 amide bonds. The molecular formula is C22H26N2O4S. The third-order valence-electron chi connectivity index (χ3n) is 4.87. The Balaban J connectivity index is 1.62. The van der Waals surface area contributed by atoms with Crippen molar-refractivity contribution in [1.29, 1.82) is 0 Å². The second-order valence-corrected chi connectivity index (χ2v) is 8.88. The van der Waals surface area contributed by atoms with Gasteiger partial charge in [-0.3, -0.25) is 4.79 Å². The normalized spacial score (nSPS) is 15.8. The summed E-state index contributed by atoms with van der Waals surface area (Å²) in [4.78, 5) is 12.4. The van der Waals surface area contributed by atoms with E-state index in [9.17, 15) is 13.2 Å². The highest BCUT2D eigenvalue weighted by Crippen LogP contribution is 2.21. The quantitative estimate of drug-likeness (QED) is 0.727. The number of amides is 1. The number of ether oxygens (including phenoxy) is 1. The average Bonchev–Trinajstić information content (AvgIpc) is 3.03. The van der Waals surface area contributed by atoms with E-state index >= 15 is 0 Å². The molecule has 7 heteroatoms. The van der Waals surface area contributed by atoms with Crippen LogP contribution < -0.4 is 10.1 Å². The number of nitrogens with one attached hydrogen (secondary N) is 1. The Kier molecular flexibility index (Phi) is 7.06. The molecule has 0 atom stereocenters. The molecule has 0 aliphatic carbocycles. The molecule has 1 aliphatic rings. The first-order valence-corrected chi connectivity index (χ1v) is 11.2. The molecule has 1 fully saturated rings. The molecule has 0 spiro atoms. The monoisotopic (exact) mass is 414 g/mol. The number of carbonyl (C=O) groups is 1. The van der Waals surface area contributed by atoms with Gasteiger partial charge in [0.15, 0.2) is 0 Å². The van der Waals surface area contributed by atoms with Crippen molar-refractivity contribution in [2.75, 3.05) is 25.5 Å². The fraction of sp³-hybridized carbons (Fsp3) is 0.318. The highest BCUT2D eigenvalue weighted by atomic mass is 32.2. The summed E-state index contributed by atoms with van der Waals surface area (Å²) in [5.41, 5.74) is 1.42. The first kappa shape index (κ1) is 21.1. The van der Waals surface area contributed by atoms with Gasteiger partial charge in [0.2, 0.25) is 15.9 Å². The van der Waals surface area contributed by atoms with Gasteiger partial charge in [-0.15, -0.1) is 0 Å². The summed E-state index contributed by atoms with van der Waals surface area (Å²) < 4.78 is 32.3. The molecule has 154 valence electrons. The maximum Gasteiger partial charge on any atom is 0.248 e. The number of anilines is 1. The molecule has 2 aromatic rings. The fourth-order valence-electron chi connectivity index (χ4n) is 3.21. The van der Waals surface area contributed by atoms with Crippen LogP contribution >= 0.6 is 0 Å². The molecule has 0 saturated carbocycles. The molecule has 2 aromatic carbocycles. The number of methoxy groups -OCH3 is 1. The Bertz CT molecular complexity index is 943. The van der Waals surface area contributed by atoms with Gasteiger partial charge < -0.3 is 10.1 Å². The molecule has 6 nitrogen and oxygen atoms in total. The number of carbonyl (C=O) groups excluding carboxylic acids is 1. The Labute approximate surface area is 172 Å². The summed E-state index contributed by atoms with van der Waals surface area (Å²) in [5.74, 6) is 0.449. The number of rotatable bonds is 6. The molecular weight excluding hydrogens is 388 g/mol. The maximum absolute atomic E-state index is 12.8. The maximum atomic E-state index is 12.8. The minimum atomic E-state index is -3.46. The lowest BCUT2D eigenvalue weighted by molar-refractivity contribution is -0.111. The summed E-state index contributed by atoms with van der Waals surface area (Å²) in [6.45, 7) is 1.16. The van der Waals surface area contributed by atoms with E-state index in [1.165, 1.54) is 6.08 Å². The van der Waals surface area contributed by atoms with Crippen LogP contribution in [0.1, 0.15) is 31.2 Å². The lowest BCUT2D eigenvalue weighted by Gasteiger charge is -2.19. The second kappa shape index (κ2) is 9.71. The minimum Gasteiger partial charge on any atom is -0.497 e. The van der Waals surface area contributed by atoms with Gasteiger partial charge in [0, 0.05) is 24.9 Å². The van der Waals surface area contributed by atoms with Crippen molar-refractivity contribution in [3.63, 3.8) is 0 Å². The predicted octanol–water partition coefficient (Wildman–Crippen LogP) is 3.91. The van der Waals surface area contributed by atoms with E-state index < -0.39 is 10.0 Å². The van der Waals surface area contributed by atoms with E-state index in [-0.39, 0.29) is 5.91 Å². The number of nitrogens with zero attached hydrogens (tertiary/aromatic N) is 1. The number of hydrogen-bond acceptors (Lipinski definition) is 4. The van der Waals surface area contributed by atoms with Crippen LogP contribution in [0.15, 0.2) is 59.5 Å². The Morgan fingerprint density at radius 1 is 0.966 bits per heavy atom. The van der Waals surface area contributed by atoms with Crippen LogP contribution in [-0.4, -0.2) is 38.8 Å². The van der Waals surface area contributed by atoms with Crippen LogP contribution in [-0.2, 0) is 14.8 Å². The van der Waals surface area contributed by atoms with Crippen molar-refractivity contribution in [2.45, 2.75) is 30.6 Å². The van der Waals surface area contributed by atoms with Crippen molar-refractivity contribution in [1.82, 2.24) is 4.31 Å². The molecule has 3 rings (SSSR count). The zero-order valence-corrected chi connectivity index (χ0v) is 17.3. The van der Waals surface area contributed by atoms with Gasteiger partial charge in [-0.1, -0.05) is 25.0 Å². The van der Waals surface area contributed by atoms with Gasteiger partial charge in [0.25, 0.3) is 0 Å². The number of hydrogen-bond donors (Lipinski definition) is 1. The molecule has 0 aromatic heterocycles. The van der Waals surface area contributed by atoms with Crippen molar-refractivity contribution in [3.8, 4) is 5.75 Å². The largest absolute Gasteiger partial charge is 0.497 e. The van der Waals surface area contributed by atoms with Gasteiger partial charge in [0.05, 0.1) is 12.0 Å². The first-order chi connectivity index (χ1) is 14.0.